The molecule has 0 spiro atoms. The first-order valence-corrected chi connectivity index (χ1v) is 10.2. The second kappa shape index (κ2) is 8.52. The number of hydrogen-bond acceptors (Lipinski definition) is 2. The number of ketones is 1. The Labute approximate surface area is 188 Å². The third-order valence-electron chi connectivity index (χ3n) is 4.70. The number of carbonyl (C=O) groups is 2. The van der Waals surface area contributed by atoms with Crippen LogP contribution in [0.15, 0.2) is 72.8 Å². The van der Waals surface area contributed by atoms with Gasteiger partial charge in [0.2, 0.25) is 0 Å². The predicted octanol–water partition coefficient (Wildman–Crippen LogP) is 6.47. The Morgan fingerprint density at radius 2 is 1.40 bits per heavy atom. The lowest BCUT2D eigenvalue weighted by molar-refractivity contribution is -0.112. The molecule has 0 aliphatic heterocycles. The molecule has 0 saturated carbocycles. The minimum atomic E-state index is -0.770. The summed E-state index contributed by atoms with van der Waals surface area (Å²) in [5.41, 5.74) is 2.37. The van der Waals surface area contributed by atoms with Gasteiger partial charge in [-0.15, -0.1) is 0 Å². The zero-order valence-electron chi connectivity index (χ0n) is 15.5. The van der Waals surface area contributed by atoms with Crippen molar-refractivity contribution >= 4 is 63.1 Å². The SMILES string of the molecule is O=C(Nc1ccc(Cl)cc1)C(=O)c1c(Cl)n(Cc2ccc(Cl)cc2)c2ccccc12. The van der Waals surface area contributed by atoms with Crippen LogP contribution in [-0.4, -0.2) is 16.3 Å². The Morgan fingerprint density at radius 1 is 0.800 bits per heavy atom. The summed E-state index contributed by atoms with van der Waals surface area (Å²) in [5, 5.41) is 4.59. The average molecular weight is 458 g/mol. The van der Waals surface area contributed by atoms with Gasteiger partial charge < -0.3 is 9.88 Å². The van der Waals surface area contributed by atoms with E-state index < -0.39 is 11.7 Å². The summed E-state index contributed by atoms with van der Waals surface area (Å²) in [5.74, 6) is -1.48. The van der Waals surface area contributed by atoms with E-state index in [9.17, 15) is 9.59 Å². The van der Waals surface area contributed by atoms with E-state index in [1.165, 1.54) is 0 Å². The van der Waals surface area contributed by atoms with E-state index in [1.54, 1.807) is 48.5 Å². The van der Waals surface area contributed by atoms with Gasteiger partial charge in [-0.05, 0) is 48.0 Å². The molecule has 0 bridgehead atoms. The molecule has 4 rings (SSSR count). The number of halogens is 3. The van der Waals surface area contributed by atoms with Gasteiger partial charge in [-0.3, -0.25) is 9.59 Å². The number of nitrogens with zero attached hydrogens (tertiary/aromatic N) is 1. The van der Waals surface area contributed by atoms with Gasteiger partial charge in [0.25, 0.3) is 11.7 Å². The molecule has 30 heavy (non-hydrogen) atoms. The highest BCUT2D eigenvalue weighted by Crippen LogP contribution is 2.32. The fraction of sp³-hybridized carbons (Fsp3) is 0.0435. The molecule has 0 aliphatic rings. The summed E-state index contributed by atoms with van der Waals surface area (Å²) in [6, 6.07) is 21.2. The van der Waals surface area contributed by atoms with Crippen molar-refractivity contribution in [3.63, 3.8) is 0 Å². The van der Waals surface area contributed by atoms with Crippen molar-refractivity contribution in [3.05, 3.63) is 99.1 Å². The van der Waals surface area contributed by atoms with Crippen LogP contribution >= 0.6 is 34.8 Å². The summed E-state index contributed by atoms with van der Waals surface area (Å²) >= 11 is 18.4. The molecule has 1 amide bonds. The van der Waals surface area contributed by atoms with Crippen LogP contribution in [0.1, 0.15) is 15.9 Å². The predicted molar refractivity (Wildman–Crippen MR) is 122 cm³/mol. The zero-order valence-corrected chi connectivity index (χ0v) is 17.8. The minimum absolute atomic E-state index is 0.174. The maximum atomic E-state index is 13.0. The van der Waals surface area contributed by atoms with Gasteiger partial charge in [-0.25, -0.2) is 0 Å². The largest absolute Gasteiger partial charge is 0.327 e. The standard InChI is InChI=1S/C23H15Cl3N2O2/c24-15-7-5-14(6-8-15)13-28-19-4-2-1-3-18(19)20(22(28)26)21(29)23(30)27-17-11-9-16(25)10-12-17/h1-12H,13H2,(H,27,30). The number of fused-ring (bicyclic) bond motifs is 1. The number of rotatable bonds is 5. The number of para-hydroxylation sites is 1. The normalized spacial score (nSPS) is 10.9. The molecule has 3 aromatic carbocycles. The Hall–Kier alpha value is -2.79. The highest BCUT2D eigenvalue weighted by molar-refractivity contribution is 6.51. The summed E-state index contributed by atoms with van der Waals surface area (Å²) in [7, 11) is 0. The van der Waals surface area contributed by atoms with Gasteiger partial charge in [0.1, 0.15) is 5.15 Å². The summed E-state index contributed by atoms with van der Waals surface area (Å²) in [6.45, 7) is 0.433. The van der Waals surface area contributed by atoms with Crippen molar-refractivity contribution in [1.82, 2.24) is 4.57 Å². The highest BCUT2D eigenvalue weighted by atomic mass is 35.5. The maximum Gasteiger partial charge on any atom is 0.296 e. The quantitative estimate of drug-likeness (QED) is 0.276. The minimum Gasteiger partial charge on any atom is -0.327 e. The van der Waals surface area contributed by atoms with Crippen LogP contribution in [0.2, 0.25) is 15.2 Å². The lowest BCUT2D eigenvalue weighted by atomic mass is 10.1. The van der Waals surface area contributed by atoms with Gasteiger partial charge in [-0.2, -0.15) is 0 Å². The number of Topliss-reactive ketones (excluding diaryl/α,β-unsaturated/α-hetero) is 1. The Balaban J connectivity index is 1.70. The number of benzene rings is 3. The van der Waals surface area contributed by atoms with Crippen LogP contribution in [0, 0.1) is 0 Å². The van der Waals surface area contributed by atoms with E-state index in [-0.39, 0.29) is 10.7 Å². The highest BCUT2D eigenvalue weighted by Gasteiger charge is 2.26. The monoisotopic (exact) mass is 456 g/mol. The number of nitrogens with one attached hydrogen (secondary N) is 1. The van der Waals surface area contributed by atoms with Crippen LogP contribution in [0.3, 0.4) is 0 Å². The molecule has 7 heteroatoms. The topological polar surface area (TPSA) is 51.1 Å². The van der Waals surface area contributed by atoms with Gasteiger partial charge in [-0.1, -0.05) is 65.1 Å². The first-order chi connectivity index (χ1) is 14.4. The van der Waals surface area contributed by atoms with E-state index in [2.05, 4.69) is 5.32 Å². The van der Waals surface area contributed by atoms with E-state index in [0.717, 1.165) is 11.1 Å². The molecule has 0 fully saturated rings. The number of hydrogen-bond donors (Lipinski definition) is 1. The molecule has 1 heterocycles. The first kappa shape index (κ1) is 20.5. The Bertz CT molecular complexity index is 1250. The smallest absolute Gasteiger partial charge is 0.296 e. The van der Waals surface area contributed by atoms with Crippen molar-refractivity contribution in [3.8, 4) is 0 Å². The first-order valence-electron chi connectivity index (χ1n) is 9.06. The molecular weight excluding hydrogens is 443 g/mol. The fourth-order valence-corrected chi connectivity index (χ4v) is 3.84. The second-order valence-corrected chi connectivity index (χ2v) is 7.92. The van der Waals surface area contributed by atoms with Crippen molar-refractivity contribution < 1.29 is 9.59 Å². The van der Waals surface area contributed by atoms with Gasteiger partial charge in [0, 0.05) is 27.7 Å². The van der Waals surface area contributed by atoms with Crippen LogP contribution in [0.25, 0.3) is 10.9 Å². The lowest BCUT2D eigenvalue weighted by Crippen LogP contribution is -2.23. The van der Waals surface area contributed by atoms with Crippen LogP contribution in [0.5, 0.6) is 0 Å². The number of aromatic nitrogens is 1. The lowest BCUT2D eigenvalue weighted by Gasteiger charge is -2.08. The molecular formula is C23H15Cl3N2O2. The summed E-state index contributed by atoms with van der Waals surface area (Å²) in [6.07, 6.45) is 0. The molecule has 150 valence electrons. The molecule has 4 aromatic rings. The maximum absolute atomic E-state index is 13.0. The van der Waals surface area contributed by atoms with Gasteiger partial charge in [0.05, 0.1) is 11.1 Å². The molecule has 0 unspecified atom stereocenters. The van der Waals surface area contributed by atoms with Gasteiger partial charge >= 0.3 is 0 Å². The summed E-state index contributed by atoms with van der Waals surface area (Å²) < 4.78 is 1.81. The Kier molecular flexibility index (Phi) is 5.82. The molecule has 4 nitrogen and oxygen atoms in total. The molecule has 1 N–H and O–H groups in total. The van der Waals surface area contributed by atoms with E-state index in [4.69, 9.17) is 34.8 Å². The van der Waals surface area contributed by atoms with Crippen molar-refractivity contribution in [1.29, 1.82) is 0 Å². The second-order valence-electron chi connectivity index (χ2n) is 6.69. The third kappa shape index (κ3) is 4.08. The number of carbonyl (C=O) groups excluding carboxylic acids is 2. The van der Waals surface area contributed by atoms with Crippen molar-refractivity contribution in [2.45, 2.75) is 6.54 Å². The molecule has 1 aromatic heterocycles. The average Bonchev–Trinajstić information content (AvgIpc) is 3.02. The fourth-order valence-electron chi connectivity index (χ4n) is 3.25. The van der Waals surface area contributed by atoms with Crippen molar-refractivity contribution in [2.24, 2.45) is 0 Å². The molecule has 0 saturated heterocycles. The van der Waals surface area contributed by atoms with Crippen molar-refractivity contribution in [2.75, 3.05) is 5.32 Å². The number of anilines is 1. The van der Waals surface area contributed by atoms with Crippen LogP contribution < -0.4 is 5.32 Å². The number of amides is 1. The van der Waals surface area contributed by atoms with Crippen LogP contribution in [0.4, 0.5) is 5.69 Å². The summed E-state index contributed by atoms with van der Waals surface area (Å²) in [4.78, 5) is 25.6. The van der Waals surface area contributed by atoms with E-state index >= 15 is 0 Å². The molecule has 0 radical (unpaired) electrons. The Morgan fingerprint density at radius 3 is 2.07 bits per heavy atom. The van der Waals surface area contributed by atoms with Crippen LogP contribution in [-0.2, 0) is 11.3 Å². The van der Waals surface area contributed by atoms with Gasteiger partial charge in [0.15, 0.2) is 0 Å². The zero-order chi connectivity index (χ0) is 21.3. The third-order valence-corrected chi connectivity index (χ3v) is 5.59. The van der Waals surface area contributed by atoms with E-state index in [1.807, 2.05) is 28.8 Å². The molecule has 0 aliphatic carbocycles. The van der Waals surface area contributed by atoms with E-state index in [0.29, 0.717) is 27.7 Å². The molecule has 0 atom stereocenters.